The van der Waals surface area contributed by atoms with Crippen LogP contribution in [0.5, 0.6) is 0 Å². The van der Waals surface area contributed by atoms with Crippen LogP contribution in [0.3, 0.4) is 0 Å². The first-order valence-corrected chi connectivity index (χ1v) is 20.9. The van der Waals surface area contributed by atoms with Gasteiger partial charge in [0.2, 0.25) is 0 Å². The highest BCUT2D eigenvalue weighted by atomic mass is 32.1. The van der Waals surface area contributed by atoms with Crippen molar-refractivity contribution in [3.8, 4) is 0 Å². The van der Waals surface area contributed by atoms with Crippen LogP contribution >= 0.6 is 22.7 Å². The Bertz CT molecular complexity index is 2100. The van der Waals surface area contributed by atoms with E-state index in [0.717, 1.165) is 6.42 Å². The van der Waals surface area contributed by atoms with E-state index >= 15 is 0 Å². The average Bonchev–Trinajstić information content (AvgIpc) is 3.57. The number of hydrogen-bond acceptors (Lipinski definition) is 2. The predicted octanol–water partition coefficient (Wildman–Crippen LogP) is 9.47. The van der Waals surface area contributed by atoms with Gasteiger partial charge >= 0.3 is 0 Å². The van der Waals surface area contributed by atoms with E-state index in [2.05, 4.69) is 158 Å². The van der Waals surface area contributed by atoms with E-state index in [1.54, 1.807) is 0 Å². The highest BCUT2D eigenvalue weighted by molar-refractivity contribution is 7.28. The Morgan fingerprint density at radius 2 is 0.566 bits per heavy atom. The minimum atomic E-state index is 0.216. The zero-order valence-electron chi connectivity index (χ0n) is 34.5. The van der Waals surface area contributed by atoms with Gasteiger partial charge in [0, 0.05) is 9.75 Å². The van der Waals surface area contributed by atoms with Crippen molar-refractivity contribution in [1.82, 2.24) is 0 Å². The summed E-state index contributed by atoms with van der Waals surface area (Å²) >= 11 is 4.01. The van der Waals surface area contributed by atoms with Gasteiger partial charge in [0.25, 0.3) is 13.4 Å². The SMILES string of the molecule is Cc1cc(C)c(B(c2cc(C3=C(c4cc(B(c5c(C)cc(C)cc5C)c5c(C)cc(C)cc5C)sc4C)C3)c(C)s2)c2c(C)cc(C)cc2C)c(C)c1. The van der Waals surface area contributed by atoms with Gasteiger partial charge in [-0.1, -0.05) is 137 Å². The molecule has 0 aliphatic heterocycles. The standard InChI is InChI=1S/C49H54B2S2/c1-26-15-30(5)46(31(6)16-26)50(47-32(7)17-27(2)18-33(47)8)44-24-40(38(13)52-44)42-23-43(42)41-25-45(53-39(41)14)51(48-34(9)19-28(3)20-35(48)10)49-36(11)21-29(4)22-37(49)12/h15-22,24-25H,23H2,1-14H3. The normalized spacial score (nSPS) is 12.6. The number of benzene rings is 4. The van der Waals surface area contributed by atoms with Crippen molar-refractivity contribution in [2.24, 2.45) is 0 Å². The second kappa shape index (κ2) is 14.1. The van der Waals surface area contributed by atoms with E-state index in [4.69, 9.17) is 0 Å². The molecule has 1 aliphatic rings. The summed E-state index contributed by atoms with van der Waals surface area (Å²) in [6.45, 7) is 32.5. The molecule has 0 amide bonds. The second-order valence-electron chi connectivity index (χ2n) is 16.5. The summed E-state index contributed by atoms with van der Waals surface area (Å²) in [5.41, 5.74) is 28.3. The summed E-state index contributed by atoms with van der Waals surface area (Å²) in [5.74, 6) is 0. The summed E-state index contributed by atoms with van der Waals surface area (Å²) < 4.78 is 2.92. The first kappa shape index (κ1) is 37.5. The molecule has 0 fully saturated rings. The Kier molecular flexibility index (Phi) is 9.96. The summed E-state index contributed by atoms with van der Waals surface area (Å²) in [5, 5.41) is 0. The topological polar surface area (TPSA) is 0 Å². The van der Waals surface area contributed by atoms with Crippen molar-refractivity contribution in [3.63, 3.8) is 0 Å². The van der Waals surface area contributed by atoms with Crippen LogP contribution < -0.4 is 31.4 Å². The molecule has 0 N–H and O–H groups in total. The van der Waals surface area contributed by atoms with Gasteiger partial charge in [0.15, 0.2) is 0 Å². The zero-order valence-corrected chi connectivity index (χ0v) is 36.1. The maximum atomic E-state index is 2.56. The molecule has 1 aliphatic carbocycles. The summed E-state index contributed by atoms with van der Waals surface area (Å²) in [6, 6.07) is 24.1. The monoisotopic (exact) mass is 728 g/mol. The molecule has 6 aromatic rings. The lowest BCUT2D eigenvalue weighted by molar-refractivity contribution is 1.34. The minimum absolute atomic E-state index is 0.216. The van der Waals surface area contributed by atoms with Gasteiger partial charge in [0.05, 0.1) is 0 Å². The smallest absolute Gasteiger partial charge is 0.154 e. The lowest BCUT2D eigenvalue weighted by atomic mass is 9.36. The molecule has 0 spiro atoms. The van der Waals surface area contributed by atoms with Gasteiger partial charge in [-0.05, 0) is 147 Å². The molecule has 0 radical (unpaired) electrons. The Balaban J connectivity index is 1.35. The third-order valence-electron chi connectivity index (χ3n) is 11.8. The third kappa shape index (κ3) is 6.87. The van der Waals surface area contributed by atoms with Crippen LogP contribution in [0, 0.1) is 96.9 Å². The maximum absolute atomic E-state index is 2.56. The summed E-state index contributed by atoms with van der Waals surface area (Å²) in [7, 11) is 0. The lowest BCUT2D eigenvalue weighted by Gasteiger charge is -2.23. The Labute approximate surface area is 328 Å². The van der Waals surface area contributed by atoms with Gasteiger partial charge in [-0.2, -0.15) is 22.7 Å². The molecule has 0 atom stereocenters. The number of hydrogen-bond donors (Lipinski definition) is 0. The van der Waals surface area contributed by atoms with E-state index in [-0.39, 0.29) is 13.4 Å². The van der Waals surface area contributed by atoms with Gasteiger partial charge in [-0.25, -0.2) is 0 Å². The van der Waals surface area contributed by atoms with Crippen molar-refractivity contribution >= 4 is 78.6 Å². The summed E-state index contributed by atoms with van der Waals surface area (Å²) in [4.78, 5) is 2.87. The molecule has 0 saturated carbocycles. The number of allylic oxidation sites excluding steroid dienone is 2. The molecule has 0 bridgehead atoms. The van der Waals surface area contributed by atoms with Gasteiger partial charge < -0.3 is 0 Å². The molecule has 2 aromatic heterocycles. The highest BCUT2D eigenvalue weighted by Crippen LogP contribution is 2.50. The van der Waals surface area contributed by atoms with E-state index in [9.17, 15) is 0 Å². The molecule has 0 unspecified atom stereocenters. The number of thiophene rings is 2. The molecule has 4 heteroatoms. The van der Waals surface area contributed by atoms with Crippen LogP contribution in [0.4, 0.5) is 0 Å². The number of rotatable bonds is 8. The molecular formula is C49H54B2S2. The second-order valence-corrected chi connectivity index (χ2v) is 19.1. The zero-order chi connectivity index (χ0) is 38.2. The predicted molar refractivity (Wildman–Crippen MR) is 241 cm³/mol. The Morgan fingerprint density at radius 3 is 0.792 bits per heavy atom. The fraction of sp³-hybridized carbons (Fsp3) is 0.306. The quantitative estimate of drug-likeness (QED) is 0.137. The third-order valence-corrected chi connectivity index (χ3v) is 14.0. The van der Waals surface area contributed by atoms with Crippen LogP contribution in [0.2, 0.25) is 0 Å². The van der Waals surface area contributed by atoms with Gasteiger partial charge in [0.1, 0.15) is 0 Å². The fourth-order valence-electron chi connectivity index (χ4n) is 9.99. The van der Waals surface area contributed by atoms with Crippen molar-refractivity contribution in [2.45, 2.75) is 103 Å². The van der Waals surface area contributed by atoms with E-state index < -0.39 is 0 Å². The van der Waals surface area contributed by atoms with Crippen molar-refractivity contribution < 1.29 is 0 Å². The largest absolute Gasteiger partial charge is 0.255 e. The molecule has 7 rings (SSSR count). The van der Waals surface area contributed by atoms with E-state index in [0.29, 0.717) is 0 Å². The van der Waals surface area contributed by atoms with E-state index in [1.807, 2.05) is 22.7 Å². The van der Waals surface area contributed by atoms with Crippen LogP contribution in [0.1, 0.15) is 94.1 Å². The Morgan fingerprint density at radius 1 is 0.340 bits per heavy atom. The van der Waals surface area contributed by atoms with Gasteiger partial charge in [-0.3, -0.25) is 0 Å². The molecular weight excluding hydrogens is 674 g/mol. The lowest BCUT2D eigenvalue weighted by Crippen LogP contribution is -2.54. The van der Waals surface area contributed by atoms with Crippen molar-refractivity contribution in [1.29, 1.82) is 0 Å². The average molecular weight is 729 g/mol. The maximum Gasteiger partial charge on any atom is 0.255 e. The first-order valence-electron chi connectivity index (χ1n) is 19.3. The van der Waals surface area contributed by atoms with Crippen LogP contribution in [-0.2, 0) is 0 Å². The van der Waals surface area contributed by atoms with Crippen LogP contribution in [0.25, 0.3) is 11.1 Å². The molecule has 0 saturated heterocycles. The molecule has 268 valence electrons. The summed E-state index contributed by atoms with van der Waals surface area (Å²) in [6.07, 6.45) is 1.07. The van der Waals surface area contributed by atoms with Crippen LogP contribution in [-0.4, -0.2) is 13.4 Å². The van der Waals surface area contributed by atoms with Crippen molar-refractivity contribution in [3.05, 3.63) is 148 Å². The van der Waals surface area contributed by atoms with Crippen molar-refractivity contribution in [2.75, 3.05) is 0 Å². The minimum Gasteiger partial charge on any atom is -0.154 e. The number of aryl methyl sites for hydroxylation is 14. The Hall–Kier alpha value is -3.85. The van der Waals surface area contributed by atoms with E-state index in [1.165, 1.54) is 130 Å². The first-order chi connectivity index (χ1) is 25.0. The van der Waals surface area contributed by atoms with Crippen LogP contribution in [0.15, 0.2) is 60.7 Å². The highest BCUT2D eigenvalue weighted by Gasteiger charge is 2.36. The molecule has 4 aromatic carbocycles. The molecule has 2 heterocycles. The fourth-order valence-corrected chi connectivity index (χ4v) is 12.3. The molecule has 53 heavy (non-hydrogen) atoms. The van der Waals surface area contributed by atoms with Gasteiger partial charge in [-0.15, -0.1) is 0 Å². The molecule has 0 nitrogen and oxygen atoms in total.